The van der Waals surface area contributed by atoms with Crippen LogP contribution in [0.2, 0.25) is 0 Å². The number of methoxy groups -OCH3 is 1. The van der Waals surface area contributed by atoms with Crippen LogP contribution in [0.1, 0.15) is 52.8 Å². The van der Waals surface area contributed by atoms with Crippen LogP contribution >= 0.6 is 7.60 Å². The highest BCUT2D eigenvalue weighted by atomic mass is 31.2. The summed E-state index contributed by atoms with van der Waals surface area (Å²) >= 11 is 0. The molecule has 14 nitrogen and oxygen atoms in total. The van der Waals surface area contributed by atoms with Crippen molar-refractivity contribution >= 4 is 42.4 Å². The fourth-order valence-electron chi connectivity index (χ4n) is 6.90. The maximum atomic E-state index is 12.6. The summed E-state index contributed by atoms with van der Waals surface area (Å²) < 4.78 is 32.4. The van der Waals surface area contributed by atoms with Crippen LogP contribution in [-0.2, 0) is 19.8 Å². The SMILES string of the molecule is CCOP(=O)(Cc1ccc(-c2cn3cc(C)ccc3n2)cc1)OCC.COc1ccc([N+](=O)[O-])cc1C.Cc1ccc2nc(-c3ccc(/C=C/c4ccc([N+](=O)[O-])cc4C)cc3)cn2c1. The second kappa shape index (κ2) is 21.4. The van der Waals surface area contributed by atoms with Gasteiger partial charge in [-0.15, -0.1) is 0 Å². The fraction of sp³-hybridized carbons (Fsp3) is 0.200. The summed E-state index contributed by atoms with van der Waals surface area (Å²) in [5, 5.41) is 21.2. The lowest BCUT2D eigenvalue weighted by molar-refractivity contribution is -0.385. The molecule has 15 heteroatoms. The number of pyridine rings is 2. The van der Waals surface area contributed by atoms with Crippen molar-refractivity contribution < 1.29 is 28.2 Å². The number of nitro benzene ring substituents is 2. The quantitative estimate of drug-likeness (QED) is 0.0470. The van der Waals surface area contributed by atoms with Crippen molar-refractivity contribution in [2.75, 3.05) is 20.3 Å². The Morgan fingerprint density at radius 3 is 1.57 bits per heavy atom. The van der Waals surface area contributed by atoms with Crippen LogP contribution in [0.4, 0.5) is 11.4 Å². The number of hydrogen-bond acceptors (Lipinski definition) is 10. The highest BCUT2D eigenvalue weighted by Gasteiger charge is 2.24. The summed E-state index contributed by atoms with van der Waals surface area (Å²) in [5.74, 6) is 0.667. The van der Waals surface area contributed by atoms with Gasteiger partial charge in [-0.3, -0.25) is 24.8 Å². The Bertz CT molecular complexity index is 3000. The molecule has 0 amide bonds. The molecule has 0 radical (unpaired) electrons. The molecule has 0 fully saturated rings. The Morgan fingerprint density at radius 2 is 1.11 bits per heavy atom. The van der Waals surface area contributed by atoms with E-state index in [0.29, 0.717) is 19.0 Å². The number of hydrogen-bond donors (Lipinski definition) is 0. The molecule has 65 heavy (non-hydrogen) atoms. The van der Waals surface area contributed by atoms with Crippen LogP contribution in [0.3, 0.4) is 0 Å². The van der Waals surface area contributed by atoms with E-state index in [9.17, 15) is 24.8 Å². The first kappa shape index (κ1) is 47.2. The zero-order valence-electron chi connectivity index (χ0n) is 37.4. The number of nitrogens with zero attached hydrogens (tertiary/aromatic N) is 6. The Balaban J connectivity index is 0.000000174. The van der Waals surface area contributed by atoms with Crippen LogP contribution < -0.4 is 4.74 Å². The summed E-state index contributed by atoms with van der Waals surface area (Å²) in [6, 6.07) is 33.6. The highest BCUT2D eigenvalue weighted by molar-refractivity contribution is 7.53. The molecule has 0 aliphatic carbocycles. The van der Waals surface area contributed by atoms with Gasteiger partial charge in [0.2, 0.25) is 0 Å². The van der Waals surface area contributed by atoms with E-state index < -0.39 is 12.5 Å². The maximum absolute atomic E-state index is 12.6. The predicted molar refractivity (Wildman–Crippen MR) is 256 cm³/mol. The topological polar surface area (TPSA) is 166 Å². The van der Waals surface area contributed by atoms with Gasteiger partial charge in [-0.2, -0.15) is 0 Å². The standard InChI is InChI=1S/C23H19N3O2.C19H23N2O3P.C8H9NO3/c1-16-3-12-23-24-22(15-25(23)14-16)20-8-5-18(6-9-20)4-7-19-10-11-21(26(27)28)13-17(19)2;1-4-23-25(22,24-5-2)14-16-7-9-17(10-8-16)18-13-21-12-15(3)6-11-19(21)20-18;1-6-5-7(9(10)11)3-4-8(6)12-2/h3-15H,1-2H3;6-13H,4-5,14H2,1-3H3;3-5H,1-2H3/b7-4+;;. The minimum absolute atomic E-state index is 0.0910. The summed E-state index contributed by atoms with van der Waals surface area (Å²) in [6.45, 7) is 12.1. The van der Waals surface area contributed by atoms with Gasteiger partial charge in [-0.05, 0) is 105 Å². The van der Waals surface area contributed by atoms with Gasteiger partial charge in [-0.25, -0.2) is 9.97 Å². The van der Waals surface area contributed by atoms with Gasteiger partial charge in [-0.1, -0.05) is 72.8 Å². The monoisotopic (exact) mass is 894 g/mol. The summed E-state index contributed by atoms with van der Waals surface area (Å²) in [7, 11) is -1.54. The molecule has 4 heterocycles. The average molecular weight is 895 g/mol. The number of fused-ring (bicyclic) bond motifs is 2. The predicted octanol–water partition coefficient (Wildman–Crippen LogP) is 12.7. The lowest BCUT2D eigenvalue weighted by atomic mass is 10.0. The van der Waals surface area contributed by atoms with E-state index in [2.05, 4.69) is 54.4 Å². The zero-order chi connectivity index (χ0) is 46.7. The normalized spacial score (nSPS) is 11.2. The zero-order valence-corrected chi connectivity index (χ0v) is 38.3. The van der Waals surface area contributed by atoms with E-state index in [1.807, 2.05) is 109 Å². The van der Waals surface area contributed by atoms with E-state index in [1.165, 1.54) is 36.4 Å². The molecule has 0 saturated carbocycles. The van der Waals surface area contributed by atoms with Gasteiger partial charge >= 0.3 is 7.60 Å². The van der Waals surface area contributed by atoms with Crippen molar-refractivity contribution in [3.63, 3.8) is 0 Å². The molecule has 4 aromatic carbocycles. The van der Waals surface area contributed by atoms with Gasteiger partial charge in [0, 0.05) is 60.2 Å². The largest absolute Gasteiger partial charge is 0.496 e. The highest BCUT2D eigenvalue weighted by Crippen LogP contribution is 2.51. The smallest absolute Gasteiger partial charge is 0.335 e. The van der Waals surface area contributed by atoms with Gasteiger partial charge in [0.1, 0.15) is 17.0 Å². The number of rotatable bonds is 13. The number of aryl methyl sites for hydroxylation is 4. The maximum Gasteiger partial charge on any atom is 0.335 e. The van der Waals surface area contributed by atoms with Crippen molar-refractivity contribution in [3.05, 3.63) is 193 Å². The average Bonchev–Trinajstić information content (AvgIpc) is 3.91. The summed E-state index contributed by atoms with van der Waals surface area (Å²) in [4.78, 5) is 29.7. The molecule has 0 N–H and O–H groups in total. The summed E-state index contributed by atoms with van der Waals surface area (Å²) in [5.41, 5.74) is 13.0. The molecule has 0 spiro atoms. The van der Waals surface area contributed by atoms with E-state index in [-0.39, 0.29) is 22.5 Å². The third kappa shape index (κ3) is 12.5. The van der Waals surface area contributed by atoms with E-state index in [4.69, 9.17) is 13.8 Å². The van der Waals surface area contributed by atoms with Crippen LogP contribution in [0.5, 0.6) is 5.75 Å². The fourth-order valence-corrected chi connectivity index (χ4v) is 8.60. The first-order valence-electron chi connectivity index (χ1n) is 20.9. The van der Waals surface area contributed by atoms with Crippen molar-refractivity contribution in [2.45, 2.75) is 47.7 Å². The number of imidazole rings is 2. The van der Waals surface area contributed by atoms with Crippen LogP contribution in [0.15, 0.2) is 134 Å². The molecule has 0 atom stereocenters. The van der Waals surface area contributed by atoms with Crippen molar-refractivity contribution in [3.8, 4) is 28.3 Å². The molecule has 8 aromatic rings. The van der Waals surface area contributed by atoms with E-state index >= 15 is 0 Å². The number of benzene rings is 4. The van der Waals surface area contributed by atoms with Crippen molar-refractivity contribution in [1.82, 2.24) is 18.8 Å². The minimum atomic E-state index is -3.08. The third-order valence-electron chi connectivity index (χ3n) is 10.2. The van der Waals surface area contributed by atoms with Gasteiger partial charge < -0.3 is 22.6 Å². The van der Waals surface area contributed by atoms with Gasteiger partial charge in [0.15, 0.2) is 0 Å². The molecule has 0 bridgehead atoms. The second-order valence-corrected chi connectivity index (χ2v) is 17.2. The van der Waals surface area contributed by atoms with Crippen molar-refractivity contribution in [2.24, 2.45) is 0 Å². The number of aromatic nitrogens is 4. The number of nitro groups is 2. The Hall–Kier alpha value is -7.25. The summed E-state index contributed by atoms with van der Waals surface area (Å²) in [6.07, 6.45) is 12.4. The van der Waals surface area contributed by atoms with E-state index in [1.54, 1.807) is 25.1 Å². The Morgan fingerprint density at radius 1 is 0.615 bits per heavy atom. The first-order chi connectivity index (χ1) is 31.2. The van der Waals surface area contributed by atoms with Gasteiger partial charge in [0.05, 0.1) is 47.7 Å². The third-order valence-corrected chi connectivity index (χ3v) is 12.2. The van der Waals surface area contributed by atoms with Crippen LogP contribution in [-0.4, -0.2) is 48.9 Å². The molecule has 8 rings (SSSR count). The van der Waals surface area contributed by atoms with Crippen LogP contribution in [0.25, 0.3) is 46.0 Å². The van der Waals surface area contributed by atoms with Crippen LogP contribution in [0, 0.1) is 47.9 Å². The van der Waals surface area contributed by atoms with Gasteiger partial charge in [0.25, 0.3) is 11.4 Å². The molecule has 334 valence electrons. The molecule has 0 aliphatic heterocycles. The molecule has 0 unspecified atom stereocenters. The first-order valence-corrected chi connectivity index (χ1v) is 22.6. The number of non-ortho nitro benzene ring substituents is 2. The molecule has 0 saturated heterocycles. The molecular formula is C50H51N6O8P. The Labute approximate surface area is 377 Å². The minimum Gasteiger partial charge on any atom is -0.496 e. The van der Waals surface area contributed by atoms with E-state index in [0.717, 1.165) is 61.6 Å². The molecular weight excluding hydrogens is 844 g/mol. The Kier molecular flexibility index (Phi) is 15.6. The van der Waals surface area contributed by atoms with Crippen molar-refractivity contribution in [1.29, 1.82) is 0 Å². The lowest BCUT2D eigenvalue weighted by Gasteiger charge is -2.17. The lowest BCUT2D eigenvalue weighted by Crippen LogP contribution is -1.99. The number of ether oxygens (including phenoxy) is 1. The molecule has 4 aromatic heterocycles. The molecule has 0 aliphatic rings. The second-order valence-electron chi connectivity index (χ2n) is 15.2.